The maximum absolute atomic E-state index is 11.2. The fourth-order valence-electron chi connectivity index (χ4n) is 1.80. The third-order valence-electron chi connectivity index (χ3n) is 2.72. The van der Waals surface area contributed by atoms with Crippen LogP contribution in [0.1, 0.15) is 12.0 Å². The molecule has 1 heterocycles. The van der Waals surface area contributed by atoms with Gasteiger partial charge in [-0.3, -0.25) is 15.1 Å². The second-order valence-electron chi connectivity index (χ2n) is 4.19. The summed E-state index contributed by atoms with van der Waals surface area (Å²) in [7, 11) is -2.94. The molecule has 1 aromatic carbocycles. The lowest BCUT2D eigenvalue weighted by atomic mass is 10.2. The molecule has 0 bridgehead atoms. The van der Waals surface area contributed by atoms with E-state index in [2.05, 4.69) is 4.99 Å². The van der Waals surface area contributed by atoms with Gasteiger partial charge in [-0.25, -0.2) is 8.42 Å². The molecule has 2 rings (SSSR count). The van der Waals surface area contributed by atoms with E-state index < -0.39 is 14.8 Å². The Hall–Kier alpha value is -1.76. The summed E-state index contributed by atoms with van der Waals surface area (Å²) in [6, 6.07) is 5.85. The minimum absolute atomic E-state index is 0.00186. The standard InChI is InChI=1S/C11H12N2O4S/c14-13(15)11-3-1-2-9(6-11)7-12-10-4-5-18(16,17)8-10/h1-3,6-7,10H,4-5,8H2. The number of aliphatic imine (C=N–C) groups is 1. The topological polar surface area (TPSA) is 89.6 Å². The molecule has 0 saturated carbocycles. The van der Waals surface area contributed by atoms with Gasteiger partial charge in [0.25, 0.3) is 5.69 Å². The zero-order chi connectivity index (χ0) is 13.2. The lowest BCUT2D eigenvalue weighted by molar-refractivity contribution is -0.384. The van der Waals surface area contributed by atoms with Crippen molar-refractivity contribution in [3.05, 3.63) is 39.9 Å². The lowest BCUT2D eigenvalue weighted by Gasteiger charge is -1.99. The molecule has 7 heteroatoms. The summed E-state index contributed by atoms with van der Waals surface area (Å²) in [5, 5.41) is 10.6. The quantitative estimate of drug-likeness (QED) is 0.468. The number of nitrogens with zero attached hydrogens (tertiary/aromatic N) is 2. The zero-order valence-electron chi connectivity index (χ0n) is 9.52. The first-order chi connectivity index (χ1) is 8.46. The van der Waals surface area contributed by atoms with Crippen LogP contribution in [-0.2, 0) is 9.84 Å². The highest BCUT2D eigenvalue weighted by Gasteiger charge is 2.26. The number of sulfone groups is 1. The van der Waals surface area contributed by atoms with Gasteiger partial charge in [-0.2, -0.15) is 0 Å². The first kappa shape index (κ1) is 12.7. The molecule has 0 radical (unpaired) electrons. The van der Waals surface area contributed by atoms with Crippen molar-refractivity contribution in [2.75, 3.05) is 11.5 Å². The summed E-state index contributed by atoms with van der Waals surface area (Å²) >= 11 is 0. The predicted molar refractivity (Wildman–Crippen MR) is 67.7 cm³/mol. The smallest absolute Gasteiger partial charge is 0.270 e. The number of nitro benzene ring substituents is 1. The predicted octanol–water partition coefficient (Wildman–Crippen LogP) is 1.20. The van der Waals surface area contributed by atoms with E-state index in [-0.39, 0.29) is 23.2 Å². The van der Waals surface area contributed by atoms with Crippen LogP contribution < -0.4 is 0 Å². The average molecular weight is 268 g/mol. The van der Waals surface area contributed by atoms with Crippen molar-refractivity contribution in [3.8, 4) is 0 Å². The van der Waals surface area contributed by atoms with Crippen LogP contribution in [0.3, 0.4) is 0 Å². The maximum Gasteiger partial charge on any atom is 0.270 e. The van der Waals surface area contributed by atoms with Gasteiger partial charge in [0.2, 0.25) is 0 Å². The molecule has 96 valence electrons. The molecule has 1 aliphatic heterocycles. The lowest BCUT2D eigenvalue weighted by Crippen LogP contribution is -2.07. The zero-order valence-corrected chi connectivity index (χ0v) is 10.3. The Morgan fingerprint density at radius 2 is 2.22 bits per heavy atom. The van der Waals surface area contributed by atoms with Gasteiger partial charge in [0.05, 0.1) is 22.5 Å². The monoisotopic (exact) mass is 268 g/mol. The molecule has 0 aromatic heterocycles. The normalized spacial score (nSPS) is 22.3. The van der Waals surface area contributed by atoms with Crippen LogP contribution in [0.5, 0.6) is 0 Å². The number of rotatable bonds is 3. The van der Waals surface area contributed by atoms with Gasteiger partial charge in [0.15, 0.2) is 9.84 Å². The molecule has 0 N–H and O–H groups in total. The number of hydrogen-bond acceptors (Lipinski definition) is 5. The first-order valence-electron chi connectivity index (χ1n) is 5.44. The van der Waals surface area contributed by atoms with Crippen LogP contribution in [-0.4, -0.2) is 37.1 Å². The minimum atomic E-state index is -2.94. The van der Waals surface area contributed by atoms with E-state index in [0.717, 1.165) is 0 Å². The van der Waals surface area contributed by atoms with Gasteiger partial charge in [0.1, 0.15) is 0 Å². The Labute approximate surface area is 104 Å². The Bertz CT molecular complexity index is 595. The molecule has 0 amide bonds. The third-order valence-corrected chi connectivity index (χ3v) is 4.47. The molecule has 6 nitrogen and oxygen atoms in total. The SMILES string of the molecule is O=[N+]([O-])c1cccc(C=NC2CCS(=O)(=O)C2)c1. The van der Waals surface area contributed by atoms with E-state index in [1.807, 2.05) is 0 Å². The number of benzene rings is 1. The Morgan fingerprint density at radius 3 is 2.83 bits per heavy atom. The van der Waals surface area contributed by atoms with Crippen molar-refractivity contribution in [2.24, 2.45) is 4.99 Å². The van der Waals surface area contributed by atoms with Gasteiger partial charge in [0, 0.05) is 18.3 Å². The van der Waals surface area contributed by atoms with Gasteiger partial charge < -0.3 is 0 Å². The van der Waals surface area contributed by atoms with E-state index in [4.69, 9.17) is 0 Å². The van der Waals surface area contributed by atoms with Crippen LogP contribution in [0.25, 0.3) is 0 Å². The van der Waals surface area contributed by atoms with Crippen LogP contribution in [0.15, 0.2) is 29.3 Å². The van der Waals surface area contributed by atoms with E-state index in [0.29, 0.717) is 12.0 Å². The fourth-order valence-corrected chi connectivity index (χ4v) is 3.44. The Kier molecular flexibility index (Phi) is 3.42. The Morgan fingerprint density at radius 1 is 1.44 bits per heavy atom. The highest BCUT2D eigenvalue weighted by atomic mass is 32.2. The van der Waals surface area contributed by atoms with E-state index >= 15 is 0 Å². The Balaban J connectivity index is 2.10. The van der Waals surface area contributed by atoms with Crippen LogP contribution in [0.4, 0.5) is 5.69 Å². The molecule has 1 aromatic rings. The number of nitro groups is 1. The highest BCUT2D eigenvalue weighted by molar-refractivity contribution is 7.91. The van der Waals surface area contributed by atoms with Gasteiger partial charge in [-0.15, -0.1) is 0 Å². The summed E-state index contributed by atoms with van der Waals surface area (Å²) in [4.78, 5) is 14.3. The highest BCUT2D eigenvalue weighted by Crippen LogP contribution is 2.16. The molecule has 1 fully saturated rings. The van der Waals surface area contributed by atoms with E-state index in [1.165, 1.54) is 18.3 Å². The molecule has 1 saturated heterocycles. The maximum atomic E-state index is 11.2. The molecule has 0 aliphatic carbocycles. The molecule has 0 spiro atoms. The van der Waals surface area contributed by atoms with Crippen molar-refractivity contribution in [1.29, 1.82) is 0 Å². The second kappa shape index (κ2) is 4.85. The summed E-state index contributed by atoms with van der Waals surface area (Å²) in [6.07, 6.45) is 2.02. The van der Waals surface area contributed by atoms with E-state index in [1.54, 1.807) is 12.1 Å². The van der Waals surface area contributed by atoms with Crippen molar-refractivity contribution in [2.45, 2.75) is 12.5 Å². The summed E-state index contributed by atoms with van der Waals surface area (Å²) < 4.78 is 22.5. The first-order valence-corrected chi connectivity index (χ1v) is 7.26. The van der Waals surface area contributed by atoms with Gasteiger partial charge in [-0.1, -0.05) is 12.1 Å². The van der Waals surface area contributed by atoms with Crippen molar-refractivity contribution in [3.63, 3.8) is 0 Å². The summed E-state index contributed by atoms with van der Waals surface area (Å²) in [5.41, 5.74) is 0.603. The van der Waals surface area contributed by atoms with Crippen LogP contribution in [0.2, 0.25) is 0 Å². The third kappa shape index (κ3) is 3.13. The molecule has 1 aliphatic rings. The minimum Gasteiger partial charge on any atom is -0.288 e. The molecule has 1 unspecified atom stereocenters. The molecule has 1 atom stereocenters. The largest absolute Gasteiger partial charge is 0.288 e. The number of non-ortho nitro benzene ring substituents is 1. The van der Waals surface area contributed by atoms with E-state index in [9.17, 15) is 18.5 Å². The molecular formula is C11H12N2O4S. The number of hydrogen-bond donors (Lipinski definition) is 0. The van der Waals surface area contributed by atoms with Crippen molar-refractivity contribution >= 4 is 21.7 Å². The van der Waals surface area contributed by atoms with Crippen LogP contribution in [0, 0.1) is 10.1 Å². The fraction of sp³-hybridized carbons (Fsp3) is 0.364. The second-order valence-corrected chi connectivity index (χ2v) is 6.42. The molecule has 18 heavy (non-hydrogen) atoms. The summed E-state index contributed by atoms with van der Waals surface area (Å²) in [6.45, 7) is 0. The average Bonchev–Trinajstić information content (AvgIpc) is 2.67. The molecular weight excluding hydrogens is 256 g/mol. The van der Waals surface area contributed by atoms with Crippen LogP contribution >= 0.6 is 0 Å². The van der Waals surface area contributed by atoms with Crippen molar-refractivity contribution < 1.29 is 13.3 Å². The van der Waals surface area contributed by atoms with Gasteiger partial charge >= 0.3 is 0 Å². The van der Waals surface area contributed by atoms with Crippen molar-refractivity contribution in [1.82, 2.24) is 0 Å². The summed E-state index contributed by atoms with van der Waals surface area (Å²) in [5.74, 6) is 0.238. The van der Waals surface area contributed by atoms with Gasteiger partial charge in [-0.05, 0) is 12.0 Å².